The second-order valence-corrected chi connectivity index (χ2v) is 5.08. The second kappa shape index (κ2) is 5.59. The molecule has 0 heterocycles. The summed E-state index contributed by atoms with van der Waals surface area (Å²) >= 11 is 0. The Morgan fingerprint density at radius 2 is 1.65 bits per heavy atom. The number of ether oxygens (including phenoxy) is 1. The van der Waals surface area contributed by atoms with Crippen molar-refractivity contribution in [2.24, 2.45) is 0 Å². The molecular weight excluding hydrogens is 254 g/mol. The fraction of sp³-hybridized carbons (Fsp3) is 0.375. The molecule has 0 bridgehead atoms. The van der Waals surface area contributed by atoms with E-state index in [-0.39, 0.29) is 0 Å². The fourth-order valence-corrected chi connectivity index (χ4v) is 2.33. The number of hydrogen-bond donors (Lipinski definition) is 1. The molecule has 0 aromatic heterocycles. The van der Waals surface area contributed by atoms with Gasteiger partial charge in [0.05, 0.1) is 17.9 Å². The van der Waals surface area contributed by atoms with Gasteiger partial charge in [-0.1, -0.05) is 12.1 Å². The van der Waals surface area contributed by atoms with Crippen LogP contribution in [0.15, 0.2) is 21.7 Å². The Labute approximate surface area is 118 Å². The molecule has 0 amide bonds. The molecule has 106 valence electrons. The van der Waals surface area contributed by atoms with Crippen molar-refractivity contribution in [2.75, 3.05) is 25.6 Å². The van der Waals surface area contributed by atoms with E-state index in [1.54, 1.807) is 7.11 Å². The maximum atomic E-state index is 11.9. The van der Waals surface area contributed by atoms with Crippen LogP contribution >= 0.6 is 0 Å². The average Bonchev–Trinajstić information content (AvgIpc) is 2.42. The number of rotatable bonds is 5. The highest BCUT2D eigenvalue weighted by atomic mass is 16.5. The van der Waals surface area contributed by atoms with E-state index in [9.17, 15) is 9.59 Å². The van der Waals surface area contributed by atoms with Crippen molar-refractivity contribution in [3.63, 3.8) is 0 Å². The first-order valence-corrected chi connectivity index (χ1v) is 6.61. The van der Waals surface area contributed by atoms with Gasteiger partial charge in [-0.05, 0) is 43.0 Å². The van der Waals surface area contributed by atoms with E-state index >= 15 is 0 Å². The standard InChI is InChI=1S/C16H19NO3/c1-9-7-11(3)12(8-10(9)2)13-14(16(19)15(13)18)17-5-6-20-4/h7-8,17H,5-6H2,1-4H3. The van der Waals surface area contributed by atoms with Crippen LogP contribution in [-0.2, 0) is 4.74 Å². The van der Waals surface area contributed by atoms with Crippen LogP contribution in [0.4, 0.5) is 5.69 Å². The lowest BCUT2D eigenvalue weighted by Crippen LogP contribution is -2.37. The smallest absolute Gasteiger partial charge is 0.250 e. The number of benzene rings is 1. The summed E-state index contributed by atoms with van der Waals surface area (Å²) in [4.78, 5) is 23.6. The summed E-state index contributed by atoms with van der Waals surface area (Å²) in [6.07, 6.45) is 0. The highest BCUT2D eigenvalue weighted by Crippen LogP contribution is 2.29. The molecule has 1 N–H and O–H groups in total. The summed E-state index contributed by atoms with van der Waals surface area (Å²) in [5.41, 5.74) is 4.23. The predicted molar refractivity (Wildman–Crippen MR) is 81.4 cm³/mol. The summed E-state index contributed by atoms with van der Waals surface area (Å²) in [5.74, 6) is 0. The lowest BCUT2D eigenvalue weighted by Gasteiger charge is -2.16. The zero-order valence-corrected chi connectivity index (χ0v) is 12.3. The molecule has 0 saturated carbocycles. The molecule has 4 nitrogen and oxygen atoms in total. The molecule has 0 atom stereocenters. The van der Waals surface area contributed by atoms with Crippen molar-refractivity contribution < 1.29 is 4.74 Å². The number of aryl methyl sites for hydroxylation is 3. The Balaban J connectivity index is 2.44. The van der Waals surface area contributed by atoms with Crippen molar-refractivity contribution in [3.05, 3.63) is 49.3 Å². The van der Waals surface area contributed by atoms with Gasteiger partial charge >= 0.3 is 0 Å². The van der Waals surface area contributed by atoms with Gasteiger partial charge < -0.3 is 10.1 Å². The second-order valence-electron chi connectivity index (χ2n) is 5.08. The minimum atomic E-state index is -0.436. The van der Waals surface area contributed by atoms with Gasteiger partial charge in [0.25, 0.3) is 0 Å². The van der Waals surface area contributed by atoms with Crippen molar-refractivity contribution >= 4 is 5.69 Å². The van der Waals surface area contributed by atoms with Crippen LogP contribution in [0.1, 0.15) is 16.7 Å². The average molecular weight is 273 g/mol. The van der Waals surface area contributed by atoms with Crippen molar-refractivity contribution in [1.82, 2.24) is 0 Å². The van der Waals surface area contributed by atoms with Gasteiger partial charge in [-0.15, -0.1) is 0 Å². The summed E-state index contributed by atoms with van der Waals surface area (Å²) in [5, 5.41) is 2.99. The summed E-state index contributed by atoms with van der Waals surface area (Å²) < 4.78 is 4.94. The van der Waals surface area contributed by atoms with Crippen molar-refractivity contribution in [3.8, 4) is 11.1 Å². The van der Waals surface area contributed by atoms with E-state index < -0.39 is 10.9 Å². The van der Waals surface area contributed by atoms with Crippen LogP contribution in [0, 0.1) is 20.8 Å². The topological polar surface area (TPSA) is 55.4 Å². The quantitative estimate of drug-likeness (QED) is 0.668. The molecule has 0 saturated heterocycles. The van der Waals surface area contributed by atoms with Crippen LogP contribution in [0.2, 0.25) is 0 Å². The molecule has 4 heteroatoms. The Bertz CT molecular complexity index is 709. The summed E-state index contributed by atoms with van der Waals surface area (Å²) in [7, 11) is 1.60. The van der Waals surface area contributed by atoms with Gasteiger partial charge in [0.2, 0.25) is 10.9 Å². The summed E-state index contributed by atoms with van der Waals surface area (Å²) in [6.45, 7) is 6.99. The molecule has 2 aromatic rings. The molecule has 20 heavy (non-hydrogen) atoms. The molecule has 2 aromatic carbocycles. The first-order chi connectivity index (χ1) is 9.47. The normalized spacial score (nSPS) is 11.0. The monoisotopic (exact) mass is 273 g/mol. The molecule has 0 aliphatic rings. The lowest BCUT2D eigenvalue weighted by molar-refractivity contribution is 0.210. The minimum absolute atomic E-state index is 0.406. The highest BCUT2D eigenvalue weighted by Gasteiger charge is 2.23. The molecule has 2 rings (SSSR count). The maximum absolute atomic E-state index is 11.9. The zero-order valence-electron chi connectivity index (χ0n) is 12.3. The van der Waals surface area contributed by atoms with Gasteiger partial charge in [-0.2, -0.15) is 0 Å². The molecule has 0 fully saturated rings. The van der Waals surface area contributed by atoms with E-state index in [4.69, 9.17) is 4.74 Å². The first-order valence-electron chi connectivity index (χ1n) is 6.61. The molecular formula is C16H19NO3. The lowest BCUT2D eigenvalue weighted by atomic mass is 9.91. The van der Waals surface area contributed by atoms with Crippen LogP contribution < -0.4 is 16.2 Å². The Kier molecular flexibility index (Phi) is 4.04. The van der Waals surface area contributed by atoms with Gasteiger partial charge in [-0.3, -0.25) is 9.59 Å². The van der Waals surface area contributed by atoms with Gasteiger partial charge in [0.15, 0.2) is 0 Å². The number of anilines is 1. The van der Waals surface area contributed by atoms with Crippen LogP contribution in [-0.4, -0.2) is 20.3 Å². The van der Waals surface area contributed by atoms with E-state index in [1.165, 1.54) is 5.56 Å². The van der Waals surface area contributed by atoms with Crippen LogP contribution in [0.3, 0.4) is 0 Å². The third kappa shape index (κ3) is 2.39. The molecule has 0 spiro atoms. The molecule has 0 unspecified atom stereocenters. The van der Waals surface area contributed by atoms with Gasteiger partial charge in [0.1, 0.15) is 0 Å². The van der Waals surface area contributed by atoms with Crippen molar-refractivity contribution in [2.45, 2.75) is 20.8 Å². The van der Waals surface area contributed by atoms with Gasteiger partial charge in [0, 0.05) is 13.7 Å². The van der Waals surface area contributed by atoms with E-state index in [2.05, 4.69) is 5.32 Å². The van der Waals surface area contributed by atoms with Gasteiger partial charge in [-0.25, -0.2) is 0 Å². The third-order valence-corrected chi connectivity index (χ3v) is 3.63. The summed E-state index contributed by atoms with van der Waals surface area (Å²) in [6, 6.07) is 4.02. The van der Waals surface area contributed by atoms with Crippen LogP contribution in [0.5, 0.6) is 0 Å². The highest BCUT2D eigenvalue weighted by molar-refractivity contribution is 5.84. The largest absolute Gasteiger partial charge is 0.383 e. The van der Waals surface area contributed by atoms with Crippen molar-refractivity contribution in [1.29, 1.82) is 0 Å². The molecule has 0 aliphatic heterocycles. The Morgan fingerprint density at radius 1 is 1.00 bits per heavy atom. The minimum Gasteiger partial charge on any atom is -0.383 e. The molecule has 0 aliphatic carbocycles. The van der Waals surface area contributed by atoms with E-state index in [1.807, 2.05) is 32.9 Å². The zero-order chi connectivity index (χ0) is 14.9. The number of nitrogens with one attached hydrogen (secondary N) is 1. The van der Waals surface area contributed by atoms with E-state index in [0.717, 1.165) is 16.7 Å². The number of methoxy groups -OCH3 is 1. The third-order valence-electron chi connectivity index (χ3n) is 3.63. The fourth-order valence-electron chi connectivity index (χ4n) is 2.33. The molecule has 0 radical (unpaired) electrons. The Morgan fingerprint density at radius 3 is 2.30 bits per heavy atom. The SMILES string of the molecule is COCCNc1c(-c2cc(C)c(C)cc2C)c(=O)c1=O. The Hall–Kier alpha value is -1.94. The van der Waals surface area contributed by atoms with Crippen LogP contribution in [0.25, 0.3) is 11.1 Å². The predicted octanol–water partition coefficient (Wildman–Crippen LogP) is 1.93. The first kappa shape index (κ1) is 14.5. The van der Waals surface area contributed by atoms with E-state index in [0.29, 0.717) is 24.4 Å². The number of hydrogen-bond acceptors (Lipinski definition) is 4. The maximum Gasteiger partial charge on any atom is 0.250 e.